The highest BCUT2D eigenvalue weighted by molar-refractivity contribution is 8.93. The number of amides is 1. The number of rotatable bonds is 10. The number of carbonyl (C=O) groups excluding carboxylic acids is 2. The Hall–Kier alpha value is -3.60. The molecule has 11 heteroatoms. The third kappa shape index (κ3) is 6.45. The maximum atomic E-state index is 13.4. The van der Waals surface area contributed by atoms with E-state index in [4.69, 9.17) is 24.7 Å². The second kappa shape index (κ2) is 12.3. The monoisotopic (exact) mass is 591 g/mol. The van der Waals surface area contributed by atoms with E-state index in [2.05, 4.69) is 5.32 Å². The number of carboxylic acid groups (broad SMARTS) is 1. The molecule has 0 radical (unpaired) electrons. The standard InChI is InChI=1S/C27H33N3O7.BrH/c1-7-36-21-10-16-12-30(25(28)17(16)11-18(21)26(34)29-5)13-20(31)15-8-19(27(2,3)4)24(22(9-15)35-6)37-14-23(32)33;/h8-11,28H,7,12-14H2,1-6H3,(H,29,34)(H,32,33);1H. The van der Waals surface area contributed by atoms with Gasteiger partial charge in [0, 0.05) is 30.3 Å². The Kier molecular flexibility index (Phi) is 9.91. The Morgan fingerprint density at radius 1 is 1.11 bits per heavy atom. The van der Waals surface area contributed by atoms with E-state index in [1.165, 1.54) is 20.2 Å². The number of Topliss-reactive ketones (excluding diaryl/α,β-unsaturated/α-hetero) is 1. The van der Waals surface area contributed by atoms with Crippen molar-refractivity contribution >= 4 is 40.5 Å². The van der Waals surface area contributed by atoms with Crippen molar-refractivity contribution < 1.29 is 33.7 Å². The van der Waals surface area contributed by atoms with Gasteiger partial charge in [-0.1, -0.05) is 20.8 Å². The second-order valence-corrected chi connectivity index (χ2v) is 9.63. The SMILES string of the molecule is Br.CCOc1cc2c(cc1C(=O)NC)C(=N)N(CC(=O)c1cc(OC)c(OCC(=O)O)c(C(C)(C)C)c1)C2. The molecule has 38 heavy (non-hydrogen) atoms. The lowest BCUT2D eigenvalue weighted by atomic mass is 9.84. The number of hydrogen-bond donors (Lipinski definition) is 3. The van der Waals surface area contributed by atoms with E-state index in [0.717, 1.165) is 5.56 Å². The minimum atomic E-state index is -1.12. The van der Waals surface area contributed by atoms with E-state index < -0.39 is 18.0 Å². The van der Waals surface area contributed by atoms with Crippen molar-refractivity contribution in [3.63, 3.8) is 0 Å². The maximum Gasteiger partial charge on any atom is 0.341 e. The summed E-state index contributed by atoms with van der Waals surface area (Å²) < 4.78 is 16.6. The van der Waals surface area contributed by atoms with Crippen LogP contribution in [0.2, 0.25) is 0 Å². The number of ether oxygens (including phenoxy) is 3. The van der Waals surface area contributed by atoms with Crippen LogP contribution in [-0.4, -0.2) is 67.4 Å². The summed E-state index contributed by atoms with van der Waals surface area (Å²) in [7, 11) is 2.95. The van der Waals surface area contributed by atoms with Gasteiger partial charge in [0.1, 0.15) is 11.6 Å². The fourth-order valence-corrected chi connectivity index (χ4v) is 4.17. The van der Waals surface area contributed by atoms with E-state index >= 15 is 0 Å². The highest BCUT2D eigenvalue weighted by Crippen LogP contribution is 2.40. The summed E-state index contributed by atoms with van der Waals surface area (Å²) in [5, 5.41) is 20.3. The molecular weight excluding hydrogens is 558 g/mol. The van der Waals surface area contributed by atoms with Gasteiger partial charge in [0.25, 0.3) is 5.91 Å². The Bertz CT molecular complexity index is 1250. The fraction of sp³-hybridized carbons (Fsp3) is 0.407. The van der Waals surface area contributed by atoms with Crippen LogP contribution in [0.25, 0.3) is 0 Å². The van der Waals surface area contributed by atoms with Crippen molar-refractivity contribution in [3.05, 3.63) is 52.1 Å². The van der Waals surface area contributed by atoms with Crippen molar-refractivity contribution in [2.45, 2.75) is 39.7 Å². The number of benzene rings is 2. The minimum absolute atomic E-state index is 0. The van der Waals surface area contributed by atoms with E-state index in [1.807, 2.05) is 27.7 Å². The van der Waals surface area contributed by atoms with Gasteiger partial charge in [-0.25, -0.2) is 4.79 Å². The number of carboxylic acids is 1. The summed E-state index contributed by atoms with van der Waals surface area (Å²) >= 11 is 0. The molecule has 1 amide bonds. The molecule has 0 atom stereocenters. The van der Waals surface area contributed by atoms with Crippen molar-refractivity contribution in [1.29, 1.82) is 5.41 Å². The number of fused-ring (bicyclic) bond motifs is 1. The van der Waals surface area contributed by atoms with Gasteiger partial charge in [0.2, 0.25) is 0 Å². The molecule has 10 nitrogen and oxygen atoms in total. The Morgan fingerprint density at radius 3 is 2.34 bits per heavy atom. The van der Waals surface area contributed by atoms with Gasteiger partial charge in [0.05, 0.1) is 25.8 Å². The van der Waals surface area contributed by atoms with E-state index in [1.54, 1.807) is 23.1 Å². The lowest BCUT2D eigenvalue weighted by molar-refractivity contribution is -0.139. The Labute approximate surface area is 232 Å². The van der Waals surface area contributed by atoms with Crippen molar-refractivity contribution in [1.82, 2.24) is 10.2 Å². The molecule has 0 unspecified atom stereocenters. The first kappa shape index (κ1) is 30.6. The average molecular weight is 592 g/mol. The second-order valence-electron chi connectivity index (χ2n) is 9.63. The molecule has 1 aliphatic rings. The summed E-state index contributed by atoms with van der Waals surface area (Å²) in [4.78, 5) is 38.5. The first-order valence-corrected chi connectivity index (χ1v) is 11.9. The molecule has 3 rings (SSSR count). The first-order valence-electron chi connectivity index (χ1n) is 11.9. The number of halogens is 1. The molecule has 206 valence electrons. The van der Waals surface area contributed by atoms with Crippen molar-refractivity contribution in [2.75, 3.05) is 33.9 Å². The lowest BCUT2D eigenvalue weighted by Crippen LogP contribution is -2.30. The summed E-state index contributed by atoms with van der Waals surface area (Å²) in [6.07, 6.45) is 0. The zero-order valence-corrected chi connectivity index (χ0v) is 24.1. The van der Waals surface area contributed by atoms with Crippen LogP contribution in [0, 0.1) is 5.41 Å². The van der Waals surface area contributed by atoms with Crippen molar-refractivity contribution in [3.8, 4) is 17.2 Å². The molecule has 0 saturated carbocycles. The van der Waals surface area contributed by atoms with Crippen LogP contribution in [-0.2, 0) is 16.8 Å². The zero-order chi connectivity index (χ0) is 27.5. The van der Waals surface area contributed by atoms with Crippen LogP contribution in [0.3, 0.4) is 0 Å². The summed E-state index contributed by atoms with van der Waals surface area (Å²) in [5.41, 5.74) is 2.21. The number of aliphatic carboxylic acids is 1. The molecule has 2 aromatic carbocycles. The highest BCUT2D eigenvalue weighted by Gasteiger charge is 2.31. The van der Waals surface area contributed by atoms with Gasteiger partial charge < -0.3 is 29.5 Å². The number of hydrogen-bond acceptors (Lipinski definition) is 7. The molecule has 0 aliphatic carbocycles. The third-order valence-corrected chi connectivity index (χ3v) is 5.99. The van der Waals surface area contributed by atoms with Crippen molar-refractivity contribution in [2.24, 2.45) is 0 Å². The lowest BCUT2D eigenvalue weighted by Gasteiger charge is -2.25. The van der Waals surface area contributed by atoms with Crippen LogP contribution in [0.1, 0.15) is 65.1 Å². The number of nitrogens with zero attached hydrogens (tertiary/aromatic N) is 1. The van der Waals surface area contributed by atoms with E-state index in [0.29, 0.717) is 41.2 Å². The first-order chi connectivity index (χ1) is 17.4. The number of ketones is 1. The summed E-state index contributed by atoms with van der Waals surface area (Å²) in [5.74, 6) is -0.586. The number of amidine groups is 1. The van der Waals surface area contributed by atoms with Gasteiger partial charge >= 0.3 is 5.97 Å². The average Bonchev–Trinajstić information content (AvgIpc) is 3.14. The summed E-state index contributed by atoms with van der Waals surface area (Å²) in [6.45, 7) is 7.69. The smallest absolute Gasteiger partial charge is 0.341 e. The predicted molar refractivity (Wildman–Crippen MR) is 148 cm³/mol. The van der Waals surface area contributed by atoms with E-state index in [-0.39, 0.29) is 52.6 Å². The molecule has 3 N–H and O–H groups in total. The zero-order valence-electron chi connectivity index (χ0n) is 22.4. The van der Waals surface area contributed by atoms with Crippen LogP contribution in [0.4, 0.5) is 0 Å². The van der Waals surface area contributed by atoms with Crippen LogP contribution < -0.4 is 19.5 Å². The molecule has 0 fully saturated rings. The summed E-state index contributed by atoms with van der Waals surface area (Å²) in [6, 6.07) is 6.59. The van der Waals surface area contributed by atoms with E-state index in [9.17, 15) is 14.4 Å². The Balaban J connectivity index is 0.00000507. The van der Waals surface area contributed by atoms with Crippen LogP contribution in [0.15, 0.2) is 24.3 Å². The molecule has 1 aliphatic heterocycles. The number of nitrogens with one attached hydrogen (secondary N) is 2. The quantitative estimate of drug-likeness (QED) is 0.354. The van der Waals surface area contributed by atoms with Gasteiger partial charge in [0.15, 0.2) is 23.9 Å². The topological polar surface area (TPSA) is 138 Å². The minimum Gasteiger partial charge on any atom is -0.493 e. The molecule has 0 aromatic heterocycles. The van der Waals surface area contributed by atoms with Gasteiger partial charge in [-0.3, -0.25) is 15.0 Å². The predicted octanol–water partition coefficient (Wildman–Crippen LogP) is 3.82. The van der Waals surface area contributed by atoms with Gasteiger partial charge in [-0.05, 0) is 42.2 Å². The molecular formula is C27H34BrN3O7. The van der Waals surface area contributed by atoms with Gasteiger partial charge in [-0.2, -0.15) is 0 Å². The number of methoxy groups -OCH3 is 1. The molecule has 2 aromatic rings. The molecule has 1 heterocycles. The molecule has 0 bridgehead atoms. The molecule has 0 saturated heterocycles. The largest absolute Gasteiger partial charge is 0.493 e. The third-order valence-electron chi connectivity index (χ3n) is 5.99. The van der Waals surface area contributed by atoms with Gasteiger partial charge in [-0.15, -0.1) is 17.0 Å². The molecule has 0 spiro atoms. The Morgan fingerprint density at radius 2 is 1.79 bits per heavy atom. The normalized spacial score (nSPS) is 12.4. The fourth-order valence-electron chi connectivity index (χ4n) is 4.17. The highest BCUT2D eigenvalue weighted by atomic mass is 79.9. The maximum absolute atomic E-state index is 13.4. The number of carbonyl (C=O) groups is 3. The van der Waals surface area contributed by atoms with Crippen LogP contribution >= 0.6 is 17.0 Å². The van der Waals surface area contributed by atoms with Crippen LogP contribution in [0.5, 0.6) is 17.2 Å².